The molecule has 11 heteroatoms. The molecule has 1 N–H and O–H groups in total. The maximum absolute atomic E-state index is 13.5. The first-order valence-electron chi connectivity index (χ1n) is 12.5. The van der Waals surface area contributed by atoms with Crippen LogP contribution in [0.4, 0.5) is 0 Å². The maximum Gasteiger partial charge on any atom is 0.361 e. The molecule has 2 aliphatic rings. The Morgan fingerprint density at radius 1 is 1.00 bits per heavy atom. The van der Waals surface area contributed by atoms with Gasteiger partial charge in [-0.1, -0.05) is 42.3 Å². The zero-order valence-electron chi connectivity index (χ0n) is 20.9. The lowest BCUT2D eigenvalue weighted by molar-refractivity contribution is -0.126. The molecule has 194 valence electrons. The molecular formula is C26H30N6O5. The Hall–Kier alpha value is -3.86. The SMILES string of the molecule is COC(=O)c1nnn([C@H]2C[C@@H](C(=O)NCc3ccc4ccccc4n3)N(C3CCCC3)C2)c1C(=O)OC. The first-order valence-corrected chi connectivity index (χ1v) is 12.5. The fraction of sp³-hybridized carbons (Fsp3) is 0.462. The molecule has 0 unspecified atom stereocenters. The van der Waals surface area contributed by atoms with Gasteiger partial charge in [0.2, 0.25) is 11.6 Å². The van der Waals surface area contributed by atoms with Crippen LogP contribution in [0, 0.1) is 0 Å². The average molecular weight is 507 g/mol. The minimum absolute atomic E-state index is 0.0628. The number of likely N-dealkylation sites (tertiary alicyclic amines) is 1. The van der Waals surface area contributed by atoms with E-state index in [1.165, 1.54) is 18.9 Å². The molecule has 2 aromatic heterocycles. The van der Waals surface area contributed by atoms with Gasteiger partial charge in [0.05, 0.1) is 44.1 Å². The fourth-order valence-electron chi connectivity index (χ4n) is 5.48. The van der Waals surface area contributed by atoms with Gasteiger partial charge >= 0.3 is 11.9 Å². The number of para-hydroxylation sites is 1. The summed E-state index contributed by atoms with van der Waals surface area (Å²) in [7, 11) is 2.45. The van der Waals surface area contributed by atoms with Crippen LogP contribution in [-0.4, -0.2) is 75.6 Å². The van der Waals surface area contributed by atoms with Crippen molar-refractivity contribution in [3.8, 4) is 0 Å². The molecule has 0 spiro atoms. The molecule has 1 saturated carbocycles. The van der Waals surface area contributed by atoms with Crippen LogP contribution in [-0.2, 0) is 20.8 Å². The summed E-state index contributed by atoms with van der Waals surface area (Å²) < 4.78 is 11.1. The highest BCUT2D eigenvalue weighted by atomic mass is 16.5. The van der Waals surface area contributed by atoms with Crippen LogP contribution in [0.2, 0.25) is 0 Å². The van der Waals surface area contributed by atoms with E-state index in [0.717, 1.165) is 42.3 Å². The van der Waals surface area contributed by atoms with Gasteiger partial charge in [-0.25, -0.2) is 14.3 Å². The number of nitrogens with one attached hydrogen (secondary N) is 1. The number of carbonyl (C=O) groups is 3. The molecule has 5 rings (SSSR count). The maximum atomic E-state index is 13.5. The Kier molecular flexibility index (Phi) is 7.13. The molecule has 0 bridgehead atoms. The molecule has 1 aromatic carbocycles. The predicted molar refractivity (Wildman–Crippen MR) is 133 cm³/mol. The van der Waals surface area contributed by atoms with E-state index in [9.17, 15) is 14.4 Å². The summed E-state index contributed by atoms with van der Waals surface area (Å²) in [6.45, 7) is 0.817. The van der Waals surface area contributed by atoms with Crippen molar-refractivity contribution in [3.05, 3.63) is 53.5 Å². The lowest BCUT2D eigenvalue weighted by Gasteiger charge is -2.29. The standard InChI is InChI=1S/C26H30N6O5/c1-36-25(34)22-23(26(35)37-2)32(30-29-22)19-13-21(31(15-19)18-8-4-5-9-18)24(33)27-14-17-12-11-16-7-3-6-10-20(16)28-17/h3,6-7,10-12,18-19,21H,4-5,8-9,13-15H2,1-2H3,(H,27,33)/t19-,21-/m0/s1. The zero-order valence-corrected chi connectivity index (χ0v) is 20.9. The van der Waals surface area contributed by atoms with Crippen LogP contribution >= 0.6 is 0 Å². The molecule has 1 amide bonds. The number of benzene rings is 1. The van der Waals surface area contributed by atoms with Crippen LogP contribution in [0.15, 0.2) is 36.4 Å². The van der Waals surface area contributed by atoms with Gasteiger partial charge in [-0.3, -0.25) is 14.7 Å². The minimum Gasteiger partial charge on any atom is -0.464 e. The number of methoxy groups -OCH3 is 2. The summed E-state index contributed by atoms with van der Waals surface area (Å²) in [6, 6.07) is 11.3. The smallest absolute Gasteiger partial charge is 0.361 e. The van der Waals surface area contributed by atoms with E-state index in [-0.39, 0.29) is 29.4 Å². The van der Waals surface area contributed by atoms with Crippen LogP contribution in [0.5, 0.6) is 0 Å². The van der Waals surface area contributed by atoms with E-state index in [0.29, 0.717) is 19.5 Å². The van der Waals surface area contributed by atoms with E-state index in [2.05, 4.69) is 25.5 Å². The van der Waals surface area contributed by atoms with Gasteiger partial charge in [0, 0.05) is 18.0 Å². The average Bonchev–Trinajstić information content (AvgIpc) is 3.70. The molecular weight excluding hydrogens is 476 g/mol. The lowest BCUT2D eigenvalue weighted by Crippen LogP contribution is -2.46. The Balaban J connectivity index is 1.37. The molecule has 1 saturated heterocycles. The molecule has 1 aliphatic heterocycles. The second-order valence-electron chi connectivity index (χ2n) is 9.47. The topological polar surface area (TPSA) is 129 Å². The van der Waals surface area contributed by atoms with Crippen molar-refractivity contribution in [2.75, 3.05) is 20.8 Å². The monoisotopic (exact) mass is 506 g/mol. The van der Waals surface area contributed by atoms with Gasteiger partial charge in [0.1, 0.15) is 0 Å². The number of amides is 1. The van der Waals surface area contributed by atoms with Crippen molar-refractivity contribution in [1.82, 2.24) is 30.2 Å². The molecule has 3 aromatic rings. The number of esters is 2. The van der Waals surface area contributed by atoms with Crippen LogP contribution < -0.4 is 5.32 Å². The Bertz CT molecular complexity index is 1320. The number of nitrogens with zero attached hydrogens (tertiary/aromatic N) is 5. The fourth-order valence-corrected chi connectivity index (χ4v) is 5.48. The number of fused-ring (bicyclic) bond motifs is 1. The van der Waals surface area contributed by atoms with Gasteiger partial charge in [-0.15, -0.1) is 5.10 Å². The summed E-state index contributed by atoms with van der Waals surface area (Å²) >= 11 is 0. The number of ether oxygens (including phenoxy) is 2. The van der Waals surface area contributed by atoms with E-state index in [1.54, 1.807) is 0 Å². The third-order valence-electron chi connectivity index (χ3n) is 7.31. The second kappa shape index (κ2) is 10.6. The van der Waals surface area contributed by atoms with Crippen molar-refractivity contribution in [3.63, 3.8) is 0 Å². The van der Waals surface area contributed by atoms with Gasteiger partial charge in [0.15, 0.2) is 5.69 Å². The third kappa shape index (κ3) is 4.91. The van der Waals surface area contributed by atoms with Crippen molar-refractivity contribution >= 4 is 28.7 Å². The van der Waals surface area contributed by atoms with Crippen molar-refractivity contribution in [1.29, 1.82) is 0 Å². The highest BCUT2D eigenvalue weighted by Crippen LogP contribution is 2.35. The quantitative estimate of drug-likeness (QED) is 0.480. The van der Waals surface area contributed by atoms with Crippen LogP contribution in [0.25, 0.3) is 10.9 Å². The number of rotatable bonds is 7. The molecule has 1 aliphatic carbocycles. The Morgan fingerprint density at radius 2 is 1.76 bits per heavy atom. The second-order valence-corrected chi connectivity index (χ2v) is 9.47. The lowest BCUT2D eigenvalue weighted by atomic mass is 10.1. The van der Waals surface area contributed by atoms with Crippen LogP contribution in [0.1, 0.15) is 64.8 Å². The Labute approximate surface area is 214 Å². The number of carbonyl (C=O) groups excluding carboxylic acids is 3. The van der Waals surface area contributed by atoms with Crippen molar-refractivity contribution in [2.24, 2.45) is 0 Å². The van der Waals surface area contributed by atoms with E-state index >= 15 is 0 Å². The molecule has 2 atom stereocenters. The van der Waals surface area contributed by atoms with Gasteiger partial charge in [-0.2, -0.15) is 0 Å². The summed E-state index contributed by atoms with van der Waals surface area (Å²) in [5.74, 6) is -1.60. The normalized spacial score (nSPS) is 20.3. The molecule has 11 nitrogen and oxygen atoms in total. The van der Waals surface area contributed by atoms with Crippen molar-refractivity contribution in [2.45, 2.75) is 56.8 Å². The predicted octanol–water partition coefficient (Wildman–Crippen LogP) is 2.27. The summed E-state index contributed by atoms with van der Waals surface area (Å²) in [5, 5.41) is 12.1. The van der Waals surface area contributed by atoms with Gasteiger partial charge in [0.25, 0.3) is 0 Å². The summed E-state index contributed by atoms with van der Waals surface area (Å²) in [6.07, 6.45) is 4.67. The highest BCUT2D eigenvalue weighted by Gasteiger charge is 2.44. The molecule has 0 radical (unpaired) electrons. The number of aromatic nitrogens is 4. The third-order valence-corrected chi connectivity index (χ3v) is 7.31. The molecule has 2 fully saturated rings. The summed E-state index contributed by atoms with van der Waals surface area (Å²) in [4.78, 5) is 45.1. The van der Waals surface area contributed by atoms with Crippen molar-refractivity contribution < 1.29 is 23.9 Å². The van der Waals surface area contributed by atoms with E-state index < -0.39 is 18.0 Å². The number of hydrogen-bond acceptors (Lipinski definition) is 9. The first-order chi connectivity index (χ1) is 18.0. The van der Waals surface area contributed by atoms with E-state index in [1.807, 2.05) is 36.4 Å². The molecule has 37 heavy (non-hydrogen) atoms. The zero-order chi connectivity index (χ0) is 25.9. The number of pyridine rings is 1. The number of hydrogen-bond donors (Lipinski definition) is 1. The van der Waals surface area contributed by atoms with Crippen LogP contribution in [0.3, 0.4) is 0 Å². The first kappa shape index (κ1) is 24.8. The van der Waals surface area contributed by atoms with Gasteiger partial charge in [-0.05, 0) is 31.4 Å². The minimum atomic E-state index is -0.769. The summed E-state index contributed by atoms with van der Waals surface area (Å²) in [5.41, 5.74) is 1.40. The van der Waals surface area contributed by atoms with Gasteiger partial charge < -0.3 is 14.8 Å². The van der Waals surface area contributed by atoms with E-state index in [4.69, 9.17) is 9.47 Å². The molecule has 3 heterocycles. The Morgan fingerprint density at radius 3 is 2.51 bits per heavy atom. The highest BCUT2D eigenvalue weighted by molar-refractivity contribution is 6.00. The largest absolute Gasteiger partial charge is 0.464 e.